The molecule has 0 bridgehead atoms. The summed E-state index contributed by atoms with van der Waals surface area (Å²) in [5.41, 5.74) is 9.21. The number of benzene rings is 2. The highest BCUT2D eigenvalue weighted by molar-refractivity contribution is 5.96. The van der Waals surface area contributed by atoms with Crippen LogP contribution in [-0.2, 0) is 0 Å². The minimum atomic E-state index is -0.0412. The summed E-state index contributed by atoms with van der Waals surface area (Å²) in [5, 5.41) is 3.19. The van der Waals surface area contributed by atoms with Crippen LogP contribution in [0.15, 0.2) is 48.5 Å². The summed E-state index contributed by atoms with van der Waals surface area (Å²) in [5.74, 6) is 0.512. The Kier molecular flexibility index (Phi) is 5.09. The molecule has 1 aliphatic carbocycles. The van der Waals surface area contributed by atoms with Crippen LogP contribution in [0.2, 0.25) is 0 Å². The molecule has 3 rings (SSSR count). The Morgan fingerprint density at radius 1 is 1.18 bits per heavy atom. The molecule has 22 heavy (non-hydrogen) atoms. The zero-order valence-electron chi connectivity index (χ0n) is 12.6. The summed E-state index contributed by atoms with van der Waals surface area (Å²) in [6.45, 7) is 1.93. The van der Waals surface area contributed by atoms with Crippen LogP contribution in [0.25, 0.3) is 0 Å². The summed E-state index contributed by atoms with van der Waals surface area (Å²) < 4.78 is 0. The second kappa shape index (κ2) is 6.84. The molecule has 4 heteroatoms. The summed E-state index contributed by atoms with van der Waals surface area (Å²) >= 11 is 0. The van der Waals surface area contributed by atoms with Gasteiger partial charge in [-0.25, -0.2) is 0 Å². The number of aryl methyl sites for hydroxylation is 1. The lowest BCUT2D eigenvalue weighted by atomic mass is 10.0. The topological polar surface area (TPSA) is 55.1 Å². The predicted octanol–water partition coefficient (Wildman–Crippen LogP) is 3.88. The van der Waals surface area contributed by atoms with Gasteiger partial charge in [-0.3, -0.25) is 4.79 Å². The van der Waals surface area contributed by atoms with Crippen molar-refractivity contribution in [1.29, 1.82) is 0 Å². The molecule has 1 amide bonds. The third-order valence-electron chi connectivity index (χ3n) is 4.04. The molecule has 0 spiro atoms. The highest BCUT2D eigenvalue weighted by Gasteiger charge is 2.33. The summed E-state index contributed by atoms with van der Waals surface area (Å²) in [6.07, 6.45) is 2.35. The lowest BCUT2D eigenvalue weighted by molar-refractivity contribution is 0.0931. The molecular weight excluding hydrogens is 296 g/mol. The van der Waals surface area contributed by atoms with Gasteiger partial charge in [-0.2, -0.15) is 0 Å². The number of halogens is 1. The van der Waals surface area contributed by atoms with E-state index in [1.165, 1.54) is 18.4 Å². The summed E-state index contributed by atoms with van der Waals surface area (Å²) in [7, 11) is 0. The van der Waals surface area contributed by atoms with E-state index in [-0.39, 0.29) is 24.4 Å². The van der Waals surface area contributed by atoms with Gasteiger partial charge in [0.2, 0.25) is 0 Å². The number of anilines is 1. The standard InChI is InChI=1S/C18H20N2O.ClH/c1-12-7-10-15(19)11-16(12)18(21)20-17(14-8-9-14)13-5-3-2-4-6-13;/h2-7,10-11,14,17H,8-9,19H2,1H3,(H,20,21);1H. The number of carbonyl (C=O) groups is 1. The minimum absolute atomic E-state index is 0. The molecule has 2 aromatic rings. The number of amides is 1. The Balaban J connectivity index is 0.00000176. The molecule has 3 N–H and O–H groups in total. The van der Waals surface area contributed by atoms with Gasteiger partial charge in [0.05, 0.1) is 6.04 Å². The van der Waals surface area contributed by atoms with Crippen molar-refractivity contribution in [2.45, 2.75) is 25.8 Å². The monoisotopic (exact) mass is 316 g/mol. The van der Waals surface area contributed by atoms with E-state index < -0.39 is 0 Å². The second-order valence-corrected chi connectivity index (χ2v) is 5.77. The molecular formula is C18H21ClN2O. The first-order chi connectivity index (χ1) is 10.1. The maximum Gasteiger partial charge on any atom is 0.252 e. The Labute approximate surface area is 137 Å². The van der Waals surface area contributed by atoms with Crippen LogP contribution in [0.1, 0.15) is 40.4 Å². The molecule has 0 radical (unpaired) electrons. The van der Waals surface area contributed by atoms with E-state index >= 15 is 0 Å². The van der Waals surface area contributed by atoms with Crippen LogP contribution < -0.4 is 11.1 Å². The normalized spacial score (nSPS) is 14.8. The highest BCUT2D eigenvalue weighted by atomic mass is 35.5. The molecule has 3 nitrogen and oxygen atoms in total. The van der Waals surface area contributed by atoms with Crippen molar-refractivity contribution in [3.05, 3.63) is 65.2 Å². The average Bonchev–Trinajstić information content (AvgIpc) is 3.32. The Morgan fingerprint density at radius 2 is 1.86 bits per heavy atom. The third kappa shape index (κ3) is 3.60. The van der Waals surface area contributed by atoms with Crippen LogP contribution >= 0.6 is 12.4 Å². The molecule has 1 unspecified atom stereocenters. The fourth-order valence-electron chi connectivity index (χ4n) is 2.67. The molecule has 116 valence electrons. The van der Waals surface area contributed by atoms with Gasteiger partial charge in [0.15, 0.2) is 0 Å². The van der Waals surface area contributed by atoms with E-state index in [2.05, 4.69) is 17.4 Å². The predicted molar refractivity (Wildman–Crippen MR) is 92.2 cm³/mol. The zero-order valence-corrected chi connectivity index (χ0v) is 13.4. The SMILES string of the molecule is Cc1ccc(N)cc1C(=O)NC(c1ccccc1)C1CC1.Cl. The van der Waals surface area contributed by atoms with Crippen LogP contribution in [0, 0.1) is 12.8 Å². The molecule has 1 aliphatic rings. The average molecular weight is 317 g/mol. The van der Waals surface area contributed by atoms with E-state index in [1.54, 1.807) is 6.07 Å². The van der Waals surface area contributed by atoms with Crippen molar-refractivity contribution >= 4 is 24.0 Å². The van der Waals surface area contributed by atoms with E-state index in [4.69, 9.17) is 5.73 Å². The number of rotatable bonds is 4. The number of nitrogen functional groups attached to an aromatic ring is 1. The number of carbonyl (C=O) groups excluding carboxylic acids is 1. The quantitative estimate of drug-likeness (QED) is 0.841. The number of hydrogen-bond donors (Lipinski definition) is 2. The van der Waals surface area contributed by atoms with E-state index in [9.17, 15) is 4.79 Å². The highest BCUT2D eigenvalue weighted by Crippen LogP contribution is 2.41. The molecule has 1 fully saturated rings. The van der Waals surface area contributed by atoms with Crippen molar-refractivity contribution in [2.75, 3.05) is 5.73 Å². The Bertz CT molecular complexity index is 653. The van der Waals surface area contributed by atoms with Gasteiger partial charge < -0.3 is 11.1 Å². The van der Waals surface area contributed by atoms with Gasteiger partial charge in [0, 0.05) is 11.3 Å². The van der Waals surface area contributed by atoms with Crippen LogP contribution in [-0.4, -0.2) is 5.91 Å². The van der Waals surface area contributed by atoms with Crippen molar-refractivity contribution in [3.63, 3.8) is 0 Å². The summed E-state index contributed by atoms with van der Waals surface area (Å²) in [4.78, 5) is 12.6. The largest absolute Gasteiger partial charge is 0.399 e. The fourth-order valence-corrected chi connectivity index (χ4v) is 2.67. The van der Waals surface area contributed by atoms with E-state index in [0.29, 0.717) is 17.2 Å². The van der Waals surface area contributed by atoms with Gasteiger partial charge in [-0.05, 0) is 48.9 Å². The van der Waals surface area contributed by atoms with Gasteiger partial charge in [0.1, 0.15) is 0 Å². The lowest BCUT2D eigenvalue weighted by Gasteiger charge is -2.19. The minimum Gasteiger partial charge on any atom is -0.399 e. The molecule has 1 atom stereocenters. The van der Waals surface area contributed by atoms with Crippen molar-refractivity contribution < 1.29 is 4.79 Å². The molecule has 0 heterocycles. The third-order valence-corrected chi connectivity index (χ3v) is 4.04. The lowest BCUT2D eigenvalue weighted by Crippen LogP contribution is -2.30. The maximum absolute atomic E-state index is 12.6. The van der Waals surface area contributed by atoms with Gasteiger partial charge in [0.25, 0.3) is 5.91 Å². The molecule has 2 aromatic carbocycles. The second-order valence-electron chi connectivity index (χ2n) is 5.77. The van der Waals surface area contributed by atoms with Crippen LogP contribution in [0.4, 0.5) is 5.69 Å². The molecule has 0 aromatic heterocycles. The van der Waals surface area contributed by atoms with Crippen molar-refractivity contribution in [2.24, 2.45) is 5.92 Å². The van der Waals surface area contributed by atoms with Crippen LogP contribution in [0.3, 0.4) is 0 Å². The first-order valence-electron chi connectivity index (χ1n) is 7.37. The van der Waals surface area contributed by atoms with Gasteiger partial charge in [-0.1, -0.05) is 36.4 Å². The zero-order chi connectivity index (χ0) is 14.8. The fraction of sp³-hybridized carbons (Fsp3) is 0.278. The van der Waals surface area contributed by atoms with Crippen LogP contribution in [0.5, 0.6) is 0 Å². The molecule has 0 aliphatic heterocycles. The van der Waals surface area contributed by atoms with E-state index in [1.807, 2.05) is 37.3 Å². The molecule has 0 saturated heterocycles. The summed E-state index contributed by atoms with van der Waals surface area (Å²) in [6, 6.07) is 15.7. The number of hydrogen-bond acceptors (Lipinski definition) is 2. The Morgan fingerprint density at radius 3 is 2.50 bits per heavy atom. The smallest absolute Gasteiger partial charge is 0.252 e. The molecule has 1 saturated carbocycles. The first kappa shape index (κ1) is 16.4. The van der Waals surface area contributed by atoms with E-state index in [0.717, 1.165) is 5.56 Å². The van der Waals surface area contributed by atoms with Gasteiger partial charge in [-0.15, -0.1) is 12.4 Å². The first-order valence-corrected chi connectivity index (χ1v) is 7.37. The maximum atomic E-state index is 12.6. The Hall–Kier alpha value is -2.00. The van der Waals surface area contributed by atoms with Gasteiger partial charge >= 0.3 is 0 Å². The van der Waals surface area contributed by atoms with Crippen molar-refractivity contribution in [1.82, 2.24) is 5.32 Å². The number of nitrogens with one attached hydrogen (secondary N) is 1. The number of nitrogens with two attached hydrogens (primary N) is 1. The van der Waals surface area contributed by atoms with Crippen molar-refractivity contribution in [3.8, 4) is 0 Å².